The lowest BCUT2D eigenvalue weighted by Crippen LogP contribution is -2.41. The van der Waals surface area contributed by atoms with E-state index >= 15 is 0 Å². The first kappa shape index (κ1) is 30.5. The van der Waals surface area contributed by atoms with Crippen LogP contribution < -0.4 is 15.5 Å². The van der Waals surface area contributed by atoms with Crippen molar-refractivity contribution in [1.29, 1.82) is 0 Å². The van der Waals surface area contributed by atoms with Crippen LogP contribution in [0.4, 0.5) is 30.6 Å². The van der Waals surface area contributed by atoms with Crippen LogP contribution in [0.3, 0.4) is 0 Å². The molecule has 3 aromatic heterocycles. The fourth-order valence-electron chi connectivity index (χ4n) is 6.22. The number of halogens is 3. The predicted octanol–water partition coefficient (Wildman–Crippen LogP) is 4.60. The first-order valence-corrected chi connectivity index (χ1v) is 14.5. The molecule has 0 aromatic carbocycles. The Morgan fingerprint density at radius 2 is 1.79 bits per heavy atom. The van der Waals surface area contributed by atoms with Gasteiger partial charge >= 0.3 is 12.1 Å². The third kappa shape index (κ3) is 6.84. The number of carbonyl (C=O) groups is 2. The maximum absolute atomic E-state index is 12.9. The number of nitrogens with zero attached hydrogens (tertiary/aromatic N) is 6. The van der Waals surface area contributed by atoms with Crippen LogP contribution in [-0.4, -0.2) is 87.9 Å². The zero-order valence-electron chi connectivity index (χ0n) is 24.3. The molecule has 1 saturated carbocycles. The standard InChI is InChI=1S/C27H36N8O.C2HF3O2/c1-33(2)25(36)22-15-19-16-30-26(32-24(19)35(22)20-5-3-4-6-20)31-23-8-7-21(17-29-23)34-13-10-27(11-14-34)9-12-28-18-27;3-2(4,5)1(6)7/h7-8,15-17,20,28H,3-6,9-14,18H2,1-2H3,(H,29,30,31,32);(H,6,7). The number of carboxylic acids is 1. The fraction of sp³-hybridized carbons (Fsp3) is 0.552. The van der Waals surface area contributed by atoms with Crippen LogP contribution in [-0.2, 0) is 4.79 Å². The van der Waals surface area contributed by atoms with Gasteiger partial charge in [-0.2, -0.15) is 18.2 Å². The van der Waals surface area contributed by atoms with Crippen molar-refractivity contribution < 1.29 is 27.9 Å². The van der Waals surface area contributed by atoms with Gasteiger partial charge in [0.1, 0.15) is 17.2 Å². The lowest BCUT2D eigenvalue weighted by atomic mass is 9.78. The molecule has 14 heteroatoms. The minimum atomic E-state index is -5.08. The highest BCUT2D eigenvalue weighted by molar-refractivity contribution is 5.97. The lowest BCUT2D eigenvalue weighted by molar-refractivity contribution is -0.192. The quantitative estimate of drug-likeness (QED) is 0.384. The van der Waals surface area contributed by atoms with Gasteiger partial charge in [-0.25, -0.2) is 14.8 Å². The Kier molecular flexibility index (Phi) is 8.76. The summed E-state index contributed by atoms with van der Waals surface area (Å²) < 4.78 is 33.9. The van der Waals surface area contributed by atoms with Crippen LogP contribution in [0.1, 0.15) is 61.5 Å². The van der Waals surface area contributed by atoms with Crippen molar-refractivity contribution in [2.75, 3.05) is 50.5 Å². The number of fused-ring (bicyclic) bond motifs is 1. The molecule has 3 N–H and O–H groups in total. The van der Waals surface area contributed by atoms with Crippen LogP contribution >= 0.6 is 0 Å². The topological polar surface area (TPSA) is 129 Å². The largest absolute Gasteiger partial charge is 0.490 e. The van der Waals surface area contributed by atoms with Gasteiger partial charge in [-0.15, -0.1) is 0 Å². The Hall–Kier alpha value is -3.94. The molecule has 5 heterocycles. The second-order valence-corrected chi connectivity index (χ2v) is 11.8. The Labute approximate surface area is 247 Å². The van der Waals surface area contributed by atoms with Crippen LogP contribution in [0.2, 0.25) is 0 Å². The highest BCUT2D eigenvalue weighted by Gasteiger charge is 2.38. The number of rotatable bonds is 5. The number of anilines is 3. The van der Waals surface area contributed by atoms with Gasteiger partial charge in [-0.1, -0.05) is 12.8 Å². The van der Waals surface area contributed by atoms with Gasteiger partial charge in [-0.05, 0) is 62.3 Å². The van der Waals surface area contributed by atoms with Gasteiger partial charge in [0, 0.05) is 51.4 Å². The van der Waals surface area contributed by atoms with Crippen molar-refractivity contribution >= 4 is 40.4 Å². The number of alkyl halides is 3. The number of pyridine rings is 1. The van der Waals surface area contributed by atoms with Crippen molar-refractivity contribution in [1.82, 2.24) is 29.7 Å². The number of aromatic nitrogens is 4. The number of nitrogens with one attached hydrogen (secondary N) is 2. The van der Waals surface area contributed by atoms with Gasteiger partial charge in [0.2, 0.25) is 5.95 Å². The number of hydrogen-bond acceptors (Lipinski definition) is 8. The Bertz CT molecular complexity index is 1440. The highest BCUT2D eigenvalue weighted by Crippen LogP contribution is 2.38. The summed E-state index contributed by atoms with van der Waals surface area (Å²) in [6.07, 6.45) is 6.96. The van der Waals surface area contributed by atoms with Gasteiger partial charge in [0.05, 0.1) is 11.9 Å². The average Bonchev–Trinajstić information content (AvgIpc) is 3.74. The van der Waals surface area contributed by atoms with Crippen LogP contribution in [0.5, 0.6) is 0 Å². The Balaban J connectivity index is 0.000000472. The molecule has 0 bridgehead atoms. The maximum atomic E-state index is 12.9. The maximum Gasteiger partial charge on any atom is 0.490 e. The summed E-state index contributed by atoms with van der Waals surface area (Å²) in [7, 11) is 3.59. The summed E-state index contributed by atoms with van der Waals surface area (Å²) in [5, 5.41) is 14.8. The molecule has 3 fully saturated rings. The van der Waals surface area contributed by atoms with Crippen molar-refractivity contribution in [2.45, 2.75) is 57.2 Å². The van der Waals surface area contributed by atoms with E-state index in [-0.39, 0.29) is 5.91 Å². The molecule has 0 radical (unpaired) electrons. The molecule has 1 amide bonds. The van der Waals surface area contributed by atoms with Gasteiger partial charge in [0.15, 0.2) is 0 Å². The number of piperidine rings is 1. The molecule has 0 unspecified atom stereocenters. The number of carboxylic acid groups (broad SMARTS) is 1. The van der Waals surface area contributed by atoms with Crippen molar-refractivity contribution in [3.8, 4) is 0 Å². The first-order chi connectivity index (χ1) is 20.5. The summed E-state index contributed by atoms with van der Waals surface area (Å²) in [5.74, 6) is -1.54. The number of carbonyl (C=O) groups excluding carboxylic acids is 1. The molecule has 1 spiro atoms. The summed E-state index contributed by atoms with van der Waals surface area (Å²) in [6.45, 7) is 4.50. The second kappa shape index (κ2) is 12.3. The molecule has 3 aromatic rings. The highest BCUT2D eigenvalue weighted by atomic mass is 19.4. The van der Waals surface area contributed by atoms with Crippen LogP contribution in [0.25, 0.3) is 11.0 Å². The van der Waals surface area contributed by atoms with Gasteiger partial charge in [0.25, 0.3) is 5.91 Å². The summed E-state index contributed by atoms with van der Waals surface area (Å²) in [4.78, 5) is 39.9. The lowest BCUT2D eigenvalue weighted by Gasteiger charge is -2.39. The van der Waals surface area contributed by atoms with Crippen molar-refractivity contribution in [3.05, 3.63) is 36.3 Å². The molecule has 2 aliphatic heterocycles. The molecule has 1 aliphatic carbocycles. The fourth-order valence-corrected chi connectivity index (χ4v) is 6.22. The van der Waals surface area contributed by atoms with Crippen molar-refractivity contribution in [2.24, 2.45) is 5.41 Å². The van der Waals surface area contributed by atoms with E-state index < -0.39 is 12.1 Å². The Morgan fingerprint density at radius 3 is 2.35 bits per heavy atom. The van der Waals surface area contributed by atoms with E-state index in [0.717, 1.165) is 49.3 Å². The second-order valence-electron chi connectivity index (χ2n) is 11.8. The molecule has 3 aliphatic rings. The molecule has 11 nitrogen and oxygen atoms in total. The van der Waals surface area contributed by atoms with E-state index in [1.807, 2.05) is 18.3 Å². The van der Waals surface area contributed by atoms with Gasteiger partial charge in [-0.3, -0.25) is 4.79 Å². The zero-order chi connectivity index (χ0) is 30.8. The molecule has 232 valence electrons. The zero-order valence-corrected chi connectivity index (χ0v) is 24.3. The van der Waals surface area contributed by atoms with E-state index in [1.54, 1.807) is 25.2 Å². The van der Waals surface area contributed by atoms with Crippen LogP contribution in [0.15, 0.2) is 30.6 Å². The third-order valence-electron chi connectivity index (χ3n) is 8.64. The number of aliphatic carboxylic acids is 1. The first-order valence-electron chi connectivity index (χ1n) is 14.5. The molecule has 43 heavy (non-hydrogen) atoms. The number of amides is 1. The summed E-state index contributed by atoms with van der Waals surface area (Å²) in [5.41, 5.74) is 3.17. The van der Waals surface area contributed by atoms with E-state index in [9.17, 15) is 18.0 Å². The molecular weight excluding hydrogens is 565 g/mol. The van der Waals surface area contributed by atoms with E-state index in [4.69, 9.17) is 14.9 Å². The molecule has 0 atom stereocenters. The van der Waals surface area contributed by atoms with E-state index in [1.165, 1.54) is 44.3 Å². The monoisotopic (exact) mass is 602 g/mol. The molecule has 2 saturated heterocycles. The van der Waals surface area contributed by atoms with Crippen molar-refractivity contribution in [3.63, 3.8) is 0 Å². The average molecular weight is 603 g/mol. The number of hydrogen-bond donors (Lipinski definition) is 3. The minimum Gasteiger partial charge on any atom is -0.475 e. The third-order valence-corrected chi connectivity index (χ3v) is 8.64. The van der Waals surface area contributed by atoms with E-state index in [0.29, 0.717) is 23.1 Å². The SMILES string of the molecule is CN(C)C(=O)c1cc2cnc(Nc3ccc(N4CCC5(CCNC5)CC4)cn3)nc2n1C1CCCC1.O=C(O)C(F)(F)F. The molecular formula is C29H37F3N8O3. The Morgan fingerprint density at radius 1 is 1.09 bits per heavy atom. The smallest absolute Gasteiger partial charge is 0.475 e. The predicted molar refractivity (Wildman–Crippen MR) is 156 cm³/mol. The van der Waals surface area contributed by atoms with E-state index in [2.05, 4.69) is 36.1 Å². The van der Waals surface area contributed by atoms with Crippen LogP contribution in [0, 0.1) is 5.41 Å². The molecule has 6 rings (SSSR count). The summed E-state index contributed by atoms with van der Waals surface area (Å²) >= 11 is 0. The minimum absolute atomic E-state index is 0.000470. The van der Waals surface area contributed by atoms with Gasteiger partial charge < -0.3 is 30.1 Å². The normalized spacial score (nSPS) is 18.5. The summed E-state index contributed by atoms with van der Waals surface area (Å²) in [6, 6.07) is 6.36.